The zero-order chi connectivity index (χ0) is 18.1. The molecule has 0 radical (unpaired) electrons. The van der Waals surface area contributed by atoms with Crippen molar-refractivity contribution in [3.8, 4) is 16.9 Å². The first-order valence-electron chi connectivity index (χ1n) is 8.16. The van der Waals surface area contributed by atoms with Crippen molar-refractivity contribution in [1.82, 2.24) is 20.4 Å². The summed E-state index contributed by atoms with van der Waals surface area (Å²) >= 11 is 5.01. The fourth-order valence-corrected chi connectivity index (χ4v) is 2.98. The third kappa shape index (κ3) is 3.14. The first-order chi connectivity index (χ1) is 12.6. The summed E-state index contributed by atoms with van der Waals surface area (Å²) < 4.78 is 1.81. The summed E-state index contributed by atoms with van der Waals surface area (Å²) in [6.07, 6.45) is 3.68. The number of hydrogen-bond donors (Lipinski definition) is 2. The molecule has 0 atom stereocenters. The molecular formula is C20H16N4OS. The number of carbonyl (C=O) groups is 1. The Bertz CT molecular complexity index is 1020. The molecule has 0 unspecified atom stereocenters. The van der Waals surface area contributed by atoms with Crippen LogP contribution in [0.25, 0.3) is 23.0 Å². The third-order valence-electron chi connectivity index (χ3n) is 4.11. The van der Waals surface area contributed by atoms with E-state index in [-0.39, 0.29) is 5.91 Å². The standard InChI is InChI=1S/C20H16N4OS/c1-13-7-9-14(10-8-13)18-15(11-17-19(25)22-20(26)21-17)12-24(23-18)16-5-3-2-4-6-16/h2-12H,1H3,(H2,21,22,25,26). The highest BCUT2D eigenvalue weighted by Gasteiger charge is 2.21. The number of nitrogens with one attached hydrogen (secondary N) is 2. The van der Waals surface area contributed by atoms with Gasteiger partial charge in [-0.05, 0) is 37.4 Å². The number of carbonyl (C=O) groups excluding carboxylic acids is 1. The van der Waals surface area contributed by atoms with Crippen LogP contribution in [0.2, 0.25) is 0 Å². The fourth-order valence-electron chi connectivity index (χ4n) is 2.78. The second kappa shape index (κ2) is 6.57. The number of para-hydroxylation sites is 1. The zero-order valence-corrected chi connectivity index (χ0v) is 14.9. The van der Waals surface area contributed by atoms with Gasteiger partial charge in [-0.1, -0.05) is 48.0 Å². The van der Waals surface area contributed by atoms with E-state index in [9.17, 15) is 4.79 Å². The predicted molar refractivity (Wildman–Crippen MR) is 106 cm³/mol. The van der Waals surface area contributed by atoms with E-state index in [2.05, 4.69) is 10.6 Å². The van der Waals surface area contributed by atoms with Crippen molar-refractivity contribution < 1.29 is 4.79 Å². The van der Waals surface area contributed by atoms with E-state index in [0.29, 0.717) is 10.8 Å². The molecule has 2 N–H and O–H groups in total. The predicted octanol–water partition coefficient (Wildman–Crippen LogP) is 3.19. The maximum Gasteiger partial charge on any atom is 0.273 e. The minimum Gasteiger partial charge on any atom is -0.328 e. The first-order valence-corrected chi connectivity index (χ1v) is 8.57. The van der Waals surface area contributed by atoms with Gasteiger partial charge in [0.2, 0.25) is 0 Å². The van der Waals surface area contributed by atoms with Crippen LogP contribution in [-0.4, -0.2) is 20.8 Å². The van der Waals surface area contributed by atoms with Gasteiger partial charge in [0.25, 0.3) is 5.91 Å². The average molecular weight is 360 g/mol. The van der Waals surface area contributed by atoms with Gasteiger partial charge < -0.3 is 5.32 Å². The van der Waals surface area contributed by atoms with Gasteiger partial charge in [-0.15, -0.1) is 0 Å². The van der Waals surface area contributed by atoms with E-state index in [1.807, 2.05) is 72.4 Å². The highest BCUT2D eigenvalue weighted by Crippen LogP contribution is 2.26. The lowest BCUT2D eigenvalue weighted by atomic mass is 10.1. The summed E-state index contributed by atoms with van der Waals surface area (Å²) in [6.45, 7) is 2.04. The summed E-state index contributed by atoms with van der Waals surface area (Å²) in [5, 5.41) is 10.5. The Hall–Kier alpha value is -3.25. The number of hydrogen-bond acceptors (Lipinski definition) is 3. The Labute approximate surface area is 156 Å². The topological polar surface area (TPSA) is 59.0 Å². The second-order valence-corrected chi connectivity index (χ2v) is 6.45. The highest BCUT2D eigenvalue weighted by atomic mass is 32.1. The van der Waals surface area contributed by atoms with Crippen LogP contribution in [0, 0.1) is 6.92 Å². The number of benzene rings is 2. The lowest BCUT2D eigenvalue weighted by Gasteiger charge is -2.01. The molecule has 4 rings (SSSR count). The van der Waals surface area contributed by atoms with Crippen molar-refractivity contribution in [1.29, 1.82) is 0 Å². The monoisotopic (exact) mass is 360 g/mol. The van der Waals surface area contributed by atoms with Crippen molar-refractivity contribution in [3.63, 3.8) is 0 Å². The van der Waals surface area contributed by atoms with Gasteiger partial charge in [0, 0.05) is 17.3 Å². The van der Waals surface area contributed by atoms with Crippen LogP contribution in [-0.2, 0) is 4.79 Å². The molecule has 0 saturated carbocycles. The smallest absolute Gasteiger partial charge is 0.273 e. The van der Waals surface area contributed by atoms with Gasteiger partial charge in [-0.25, -0.2) is 4.68 Å². The number of rotatable bonds is 3. The van der Waals surface area contributed by atoms with E-state index in [1.165, 1.54) is 5.56 Å². The van der Waals surface area contributed by atoms with Crippen LogP contribution >= 0.6 is 12.2 Å². The zero-order valence-electron chi connectivity index (χ0n) is 14.1. The van der Waals surface area contributed by atoms with Crippen LogP contribution in [0.3, 0.4) is 0 Å². The lowest BCUT2D eigenvalue weighted by Crippen LogP contribution is -2.21. The van der Waals surface area contributed by atoms with Crippen LogP contribution in [0.15, 0.2) is 66.5 Å². The van der Waals surface area contributed by atoms with E-state index >= 15 is 0 Å². The minimum atomic E-state index is -0.239. The molecule has 0 spiro atoms. The number of amides is 1. The quantitative estimate of drug-likeness (QED) is 0.556. The van der Waals surface area contributed by atoms with Gasteiger partial charge in [-0.2, -0.15) is 5.10 Å². The molecule has 0 bridgehead atoms. The molecule has 5 nitrogen and oxygen atoms in total. The van der Waals surface area contributed by atoms with Crippen molar-refractivity contribution in [2.24, 2.45) is 0 Å². The summed E-state index contributed by atoms with van der Waals surface area (Å²) in [4.78, 5) is 12.0. The van der Waals surface area contributed by atoms with Crippen LogP contribution in [0.1, 0.15) is 11.1 Å². The van der Waals surface area contributed by atoms with Gasteiger partial charge >= 0.3 is 0 Å². The van der Waals surface area contributed by atoms with Gasteiger partial charge in [-0.3, -0.25) is 10.1 Å². The number of aryl methyl sites for hydroxylation is 1. The molecule has 1 amide bonds. The van der Waals surface area contributed by atoms with Crippen LogP contribution < -0.4 is 10.6 Å². The van der Waals surface area contributed by atoms with Gasteiger partial charge in [0.1, 0.15) is 11.4 Å². The van der Waals surface area contributed by atoms with E-state index in [4.69, 9.17) is 17.3 Å². The largest absolute Gasteiger partial charge is 0.328 e. The Morgan fingerprint density at radius 2 is 1.77 bits per heavy atom. The maximum atomic E-state index is 12.0. The van der Waals surface area contributed by atoms with Crippen molar-refractivity contribution in [3.05, 3.63) is 77.6 Å². The SMILES string of the molecule is Cc1ccc(-c2nn(-c3ccccc3)cc2C=C2NC(=S)NC2=O)cc1. The first kappa shape index (κ1) is 16.2. The van der Waals surface area contributed by atoms with Crippen molar-refractivity contribution in [2.75, 3.05) is 0 Å². The fraction of sp³-hybridized carbons (Fsp3) is 0.0500. The minimum absolute atomic E-state index is 0.239. The molecule has 2 aromatic carbocycles. The molecular weight excluding hydrogens is 344 g/mol. The Balaban J connectivity index is 1.84. The summed E-state index contributed by atoms with van der Waals surface area (Å²) in [7, 11) is 0. The van der Waals surface area contributed by atoms with E-state index in [0.717, 1.165) is 22.5 Å². The normalized spacial score (nSPS) is 15.2. The molecule has 2 heterocycles. The molecule has 1 aliphatic heterocycles. The molecule has 0 aliphatic carbocycles. The molecule has 1 aliphatic rings. The highest BCUT2D eigenvalue weighted by molar-refractivity contribution is 7.80. The number of nitrogens with zero attached hydrogens (tertiary/aromatic N) is 2. The summed E-state index contributed by atoms with van der Waals surface area (Å²) in [6, 6.07) is 18.0. The molecule has 1 fully saturated rings. The summed E-state index contributed by atoms with van der Waals surface area (Å²) in [5.74, 6) is -0.239. The average Bonchev–Trinajstić information content (AvgIpc) is 3.20. The molecule has 1 aromatic heterocycles. The van der Waals surface area contributed by atoms with E-state index < -0.39 is 0 Å². The molecule has 1 saturated heterocycles. The number of aromatic nitrogens is 2. The lowest BCUT2D eigenvalue weighted by molar-refractivity contribution is -0.115. The van der Waals surface area contributed by atoms with E-state index in [1.54, 1.807) is 6.08 Å². The Morgan fingerprint density at radius 1 is 1.04 bits per heavy atom. The van der Waals surface area contributed by atoms with Gasteiger partial charge in [0.15, 0.2) is 5.11 Å². The van der Waals surface area contributed by atoms with Gasteiger partial charge in [0.05, 0.1) is 5.69 Å². The molecule has 6 heteroatoms. The van der Waals surface area contributed by atoms with Crippen molar-refractivity contribution in [2.45, 2.75) is 6.92 Å². The van der Waals surface area contributed by atoms with Crippen LogP contribution in [0.4, 0.5) is 0 Å². The Kier molecular flexibility index (Phi) is 4.10. The summed E-state index contributed by atoms with van der Waals surface area (Å²) in [5.41, 5.74) is 5.16. The molecule has 26 heavy (non-hydrogen) atoms. The van der Waals surface area contributed by atoms with Crippen LogP contribution in [0.5, 0.6) is 0 Å². The second-order valence-electron chi connectivity index (χ2n) is 6.05. The number of thiocarbonyl (C=S) groups is 1. The van der Waals surface area contributed by atoms with Crippen molar-refractivity contribution >= 4 is 29.3 Å². The molecule has 3 aromatic rings. The maximum absolute atomic E-state index is 12.0. The third-order valence-corrected chi connectivity index (χ3v) is 4.31. The molecule has 128 valence electrons. The Morgan fingerprint density at radius 3 is 2.42 bits per heavy atom.